The van der Waals surface area contributed by atoms with Crippen molar-refractivity contribution in [3.63, 3.8) is 0 Å². The molecule has 0 spiro atoms. The third kappa shape index (κ3) is 11.7. The highest BCUT2D eigenvalue weighted by atomic mass is 28.4. The molecular formula is C23H37NO11Si. The van der Waals surface area contributed by atoms with E-state index in [1.807, 2.05) is 0 Å². The maximum Gasteiger partial charge on any atom is 0.514 e. The second-order valence-corrected chi connectivity index (χ2v) is 11.1. The first kappa shape index (κ1) is 33.2. The van der Waals surface area contributed by atoms with E-state index in [9.17, 15) is 19.2 Å². The normalized spacial score (nSPS) is 11.3. The molecule has 0 aliphatic carbocycles. The molecule has 0 atom stereocenters. The Hall–Kier alpha value is -2.84. The van der Waals surface area contributed by atoms with E-state index < -0.39 is 64.5 Å². The minimum Gasteiger partial charge on any atom is -0.464 e. The van der Waals surface area contributed by atoms with Crippen LogP contribution in [0.25, 0.3) is 0 Å². The standard InChI is InChI=1S/C23H37NO11Si/c1-16(2)20(26)33-12-23(13-34-21(27)17(3)4,14-35-22(28)18(5)6)11-32-19(25)10-24-15-36(29-7,30-8)31-9/h24H,1,3,5,10-15H2,2,4,6-9H3. The summed E-state index contributed by atoms with van der Waals surface area (Å²) in [6.07, 6.45) is 0.124. The lowest BCUT2D eigenvalue weighted by molar-refractivity contribution is -0.166. The zero-order valence-corrected chi connectivity index (χ0v) is 22.9. The molecule has 0 saturated heterocycles. The van der Waals surface area contributed by atoms with Crippen LogP contribution in [0.3, 0.4) is 0 Å². The minimum absolute atomic E-state index is 0.116. The first-order chi connectivity index (χ1) is 16.8. The van der Waals surface area contributed by atoms with E-state index in [1.165, 1.54) is 42.1 Å². The molecule has 0 heterocycles. The lowest BCUT2D eigenvalue weighted by Crippen LogP contribution is -2.53. The van der Waals surface area contributed by atoms with Gasteiger partial charge in [0.2, 0.25) is 0 Å². The number of carbonyl (C=O) groups excluding carboxylic acids is 4. The highest BCUT2D eigenvalue weighted by Gasteiger charge is 2.39. The van der Waals surface area contributed by atoms with Crippen LogP contribution in [0.5, 0.6) is 0 Å². The number of rotatable bonds is 18. The van der Waals surface area contributed by atoms with E-state index in [1.54, 1.807) is 0 Å². The molecule has 0 radical (unpaired) electrons. The van der Waals surface area contributed by atoms with Crippen LogP contribution in [-0.4, -0.2) is 93.2 Å². The van der Waals surface area contributed by atoms with Gasteiger partial charge < -0.3 is 37.5 Å². The van der Waals surface area contributed by atoms with E-state index in [0.717, 1.165) is 0 Å². The number of hydrogen-bond acceptors (Lipinski definition) is 12. The van der Waals surface area contributed by atoms with Crippen LogP contribution in [0.1, 0.15) is 20.8 Å². The van der Waals surface area contributed by atoms with Crippen molar-refractivity contribution in [3.8, 4) is 0 Å². The molecule has 0 aromatic carbocycles. The first-order valence-electron chi connectivity index (χ1n) is 10.8. The van der Waals surface area contributed by atoms with Crippen molar-refractivity contribution in [1.29, 1.82) is 0 Å². The van der Waals surface area contributed by atoms with Crippen LogP contribution in [0, 0.1) is 5.41 Å². The minimum atomic E-state index is -2.97. The summed E-state index contributed by atoms with van der Waals surface area (Å²) in [5.74, 6) is -2.89. The van der Waals surface area contributed by atoms with Gasteiger partial charge in [-0.1, -0.05) is 19.7 Å². The van der Waals surface area contributed by atoms with Gasteiger partial charge in [-0.15, -0.1) is 0 Å². The highest BCUT2D eigenvalue weighted by molar-refractivity contribution is 6.60. The van der Waals surface area contributed by atoms with Gasteiger partial charge in [-0.2, -0.15) is 0 Å². The van der Waals surface area contributed by atoms with Crippen molar-refractivity contribution in [1.82, 2.24) is 5.32 Å². The maximum absolute atomic E-state index is 12.4. The molecular weight excluding hydrogens is 494 g/mol. The Morgan fingerprint density at radius 3 is 1.31 bits per heavy atom. The molecule has 36 heavy (non-hydrogen) atoms. The summed E-state index contributed by atoms with van der Waals surface area (Å²) < 4.78 is 36.9. The fourth-order valence-corrected chi connectivity index (χ4v) is 3.71. The van der Waals surface area contributed by atoms with Crippen LogP contribution in [0.15, 0.2) is 36.5 Å². The van der Waals surface area contributed by atoms with E-state index in [2.05, 4.69) is 25.1 Å². The van der Waals surface area contributed by atoms with Crippen molar-refractivity contribution in [3.05, 3.63) is 36.5 Å². The monoisotopic (exact) mass is 531 g/mol. The van der Waals surface area contributed by atoms with Gasteiger partial charge in [0.15, 0.2) is 0 Å². The predicted molar refractivity (Wildman–Crippen MR) is 130 cm³/mol. The van der Waals surface area contributed by atoms with Gasteiger partial charge in [0.1, 0.15) is 31.8 Å². The summed E-state index contributed by atoms with van der Waals surface area (Å²) in [4.78, 5) is 48.5. The Labute approximate surface area is 212 Å². The zero-order chi connectivity index (χ0) is 27.9. The van der Waals surface area contributed by atoms with Crippen LogP contribution in [0.4, 0.5) is 0 Å². The molecule has 12 nitrogen and oxygen atoms in total. The SMILES string of the molecule is C=C(C)C(=O)OCC(COC(=O)CNC[Si](OC)(OC)OC)(COC(=O)C(=C)C)COC(=O)C(=C)C. The average molecular weight is 532 g/mol. The van der Waals surface area contributed by atoms with E-state index >= 15 is 0 Å². The van der Waals surface area contributed by atoms with Crippen LogP contribution in [0.2, 0.25) is 0 Å². The van der Waals surface area contributed by atoms with Gasteiger partial charge in [0, 0.05) is 38.0 Å². The summed E-state index contributed by atoms with van der Waals surface area (Å²) in [6.45, 7) is 12.9. The summed E-state index contributed by atoms with van der Waals surface area (Å²) >= 11 is 0. The molecule has 0 bridgehead atoms. The predicted octanol–water partition coefficient (Wildman–Crippen LogP) is 0.881. The fraction of sp³-hybridized carbons (Fsp3) is 0.565. The van der Waals surface area contributed by atoms with Gasteiger partial charge >= 0.3 is 32.7 Å². The average Bonchev–Trinajstić information content (AvgIpc) is 2.85. The van der Waals surface area contributed by atoms with Crippen LogP contribution >= 0.6 is 0 Å². The number of nitrogens with one attached hydrogen (secondary N) is 1. The topological polar surface area (TPSA) is 145 Å². The molecule has 0 rings (SSSR count). The number of hydrogen-bond donors (Lipinski definition) is 1. The van der Waals surface area contributed by atoms with Gasteiger partial charge in [-0.3, -0.25) is 4.79 Å². The molecule has 0 aromatic heterocycles. The Kier molecular flexibility index (Phi) is 14.7. The summed E-state index contributed by atoms with van der Waals surface area (Å²) in [6, 6.07) is 0. The first-order valence-corrected chi connectivity index (χ1v) is 12.7. The fourth-order valence-electron chi connectivity index (χ4n) is 2.34. The van der Waals surface area contributed by atoms with Crippen LogP contribution in [-0.2, 0) is 51.4 Å². The molecule has 204 valence electrons. The van der Waals surface area contributed by atoms with Crippen molar-refractivity contribution in [2.75, 3.05) is 60.5 Å². The van der Waals surface area contributed by atoms with Gasteiger partial charge in [-0.05, 0) is 20.8 Å². The van der Waals surface area contributed by atoms with Crippen molar-refractivity contribution >= 4 is 32.7 Å². The second kappa shape index (κ2) is 16.0. The molecule has 0 saturated carbocycles. The van der Waals surface area contributed by atoms with E-state index in [-0.39, 0.29) is 29.4 Å². The highest BCUT2D eigenvalue weighted by Crippen LogP contribution is 2.23. The number of ether oxygens (including phenoxy) is 4. The summed E-state index contributed by atoms with van der Waals surface area (Å²) in [7, 11) is 1.32. The molecule has 0 aliphatic heterocycles. The largest absolute Gasteiger partial charge is 0.514 e. The molecule has 0 aromatic rings. The molecule has 0 fully saturated rings. The smallest absolute Gasteiger partial charge is 0.464 e. The number of esters is 4. The van der Waals surface area contributed by atoms with Gasteiger partial charge in [0.05, 0.1) is 12.7 Å². The quantitative estimate of drug-likeness (QED) is 0.116. The molecule has 0 aliphatic rings. The zero-order valence-electron chi connectivity index (χ0n) is 21.9. The molecule has 0 amide bonds. The number of carbonyl (C=O) groups is 4. The van der Waals surface area contributed by atoms with E-state index in [4.69, 9.17) is 32.2 Å². The van der Waals surface area contributed by atoms with E-state index in [0.29, 0.717) is 0 Å². The summed E-state index contributed by atoms with van der Waals surface area (Å²) in [5.41, 5.74) is -1.08. The third-order valence-electron chi connectivity index (χ3n) is 4.66. The van der Waals surface area contributed by atoms with Crippen molar-refractivity contribution in [2.45, 2.75) is 20.8 Å². The third-order valence-corrected chi connectivity index (χ3v) is 7.21. The lowest BCUT2D eigenvalue weighted by atomic mass is 9.92. The molecule has 0 unspecified atom stereocenters. The van der Waals surface area contributed by atoms with Gasteiger partial charge in [-0.25, -0.2) is 14.4 Å². The van der Waals surface area contributed by atoms with Crippen molar-refractivity contribution < 1.29 is 51.4 Å². The molecule has 13 heteroatoms. The second-order valence-electron chi connectivity index (χ2n) is 8.13. The van der Waals surface area contributed by atoms with Crippen LogP contribution < -0.4 is 5.32 Å². The van der Waals surface area contributed by atoms with Crippen molar-refractivity contribution in [2.24, 2.45) is 5.41 Å². The Bertz CT molecular complexity index is 754. The lowest BCUT2D eigenvalue weighted by Gasteiger charge is -2.31. The Morgan fingerprint density at radius 1 is 0.667 bits per heavy atom. The molecule has 1 N–H and O–H groups in total. The summed E-state index contributed by atoms with van der Waals surface area (Å²) in [5, 5.41) is 2.83. The Balaban J connectivity index is 5.60. The maximum atomic E-state index is 12.4. The van der Waals surface area contributed by atoms with Gasteiger partial charge in [0.25, 0.3) is 0 Å². The Morgan fingerprint density at radius 2 is 1.00 bits per heavy atom.